The Morgan fingerprint density at radius 2 is 2.17 bits per heavy atom. The Hall–Kier alpha value is -0.980. The maximum Gasteiger partial charge on any atom is 0.273 e. The summed E-state index contributed by atoms with van der Waals surface area (Å²) >= 11 is 1.49. The number of likely N-dealkylation sites (N-methyl/N-ethyl adjacent to an activating group) is 1. The van der Waals surface area contributed by atoms with Gasteiger partial charge in [-0.3, -0.25) is 4.79 Å². The minimum Gasteiger partial charge on any atom is -0.380 e. The van der Waals surface area contributed by atoms with Gasteiger partial charge in [-0.2, -0.15) is 0 Å². The molecule has 0 N–H and O–H groups in total. The maximum absolute atomic E-state index is 12.4. The molecule has 24 heavy (non-hydrogen) atoms. The Morgan fingerprint density at radius 3 is 2.83 bits per heavy atom. The average Bonchev–Trinajstić information content (AvgIpc) is 3.14. The highest BCUT2D eigenvalue weighted by atomic mass is 32.1. The maximum atomic E-state index is 12.4. The van der Waals surface area contributed by atoms with Gasteiger partial charge < -0.3 is 14.5 Å². The molecule has 6 heteroatoms. The van der Waals surface area contributed by atoms with E-state index in [1.807, 2.05) is 10.3 Å². The van der Waals surface area contributed by atoms with Gasteiger partial charge >= 0.3 is 0 Å². The van der Waals surface area contributed by atoms with Crippen LogP contribution in [0.5, 0.6) is 0 Å². The summed E-state index contributed by atoms with van der Waals surface area (Å²) in [5, 5.41) is 1.85. The molecule has 3 aliphatic rings. The SMILES string of the molecule is CN1CC2(CCN(C(=O)c3cscn3)CC2)CC1COCC1CC1. The van der Waals surface area contributed by atoms with Crippen molar-refractivity contribution in [1.29, 1.82) is 0 Å². The molecule has 1 atom stereocenters. The third kappa shape index (κ3) is 3.51. The average molecular weight is 350 g/mol. The van der Waals surface area contributed by atoms with Gasteiger partial charge in [-0.15, -0.1) is 11.3 Å². The second-order valence-corrected chi connectivity index (χ2v) is 8.64. The summed E-state index contributed by atoms with van der Waals surface area (Å²) in [5.41, 5.74) is 2.71. The molecule has 1 spiro atoms. The van der Waals surface area contributed by atoms with E-state index in [9.17, 15) is 4.79 Å². The Kier molecular flexibility index (Phi) is 4.62. The second kappa shape index (κ2) is 6.73. The van der Waals surface area contributed by atoms with Crippen molar-refractivity contribution in [3.05, 3.63) is 16.6 Å². The molecule has 1 saturated carbocycles. The van der Waals surface area contributed by atoms with E-state index in [0.29, 0.717) is 17.2 Å². The highest BCUT2D eigenvalue weighted by molar-refractivity contribution is 7.07. The van der Waals surface area contributed by atoms with Crippen LogP contribution in [-0.2, 0) is 4.74 Å². The summed E-state index contributed by atoms with van der Waals surface area (Å²) < 4.78 is 5.94. The number of rotatable bonds is 5. The molecular weight excluding hydrogens is 322 g/mol. The van der Waals surface area contributed by atoms with E-state index in [-0.39, 0.29) is 5.91 Å². The van der Waals surface area contributed by atoms with E-state index in [4.69, 9.17) is 4.74 Å². The van der Waals surface area contributed by atoms with Crippen molar-refractivity contribution in [3.8, 4) is 0 Å². The number of likely N-dealkylation sites (tertiary alicyclic amines) is 2. The number of ether oxygens (including phenoxy) is 1. The van der Waals surface area contributed by atoms with Crippen LogP contribution >= 0.6 is 11.3 Å². The van der Waals surface area contributed by atoms with Gasteiger partial charge in [0.15, 0.2) is 0 Å². The van der Waals surface area contributed by atoms with Crippen LogP contribution in [-0.4, -0.2) is 66.6 Å². The van der Waals surface area contributed by atoms with Crippen molar-refractivity contribution in [2.75, 3.05) is 39.9 Å². The van der Waals surface area contributed by atoms with E-state index in [1.54, 1.807) is 5.51 Å². The van der Waals surface area contributed by atoms with Crippen LogP contribution in [0, 0.1) is 11.3 Å². The summed E-state index contributed by atoms with van der Waals surface area (Å²) in [6.07, 6.45) is 6.13. The first-order valence-corrected chi connectivity index (χ1v) is 10.0. The molecule has 1 unspecified atom stereocenters. The van der Waals surface area contributed by atoms with Crippen molar-refractivity contribution in [3.63, 3.8) is 0 Å². The molecule has 0 radical (unpaired) electrons. The number of carbonyl (C=O) groups excluding carboxylic acids is 1. The minimum absolute atomic E-state index is 0.0989. The predicted octanol–water partition coefficient (Wildman–Crippen LogP) is 2.50. The van der Waals surface area contributed by atoms with E-state index < -0.39 is 0 Å². The number of nitrogens with zero attached hydrogens (tertiary/aromatic N) is 3. The lowest BCUT2D eigenvalue weighted by Gasteiger charge is -2.39. The number of aromatic nitrogens is 1. The fraction of sp³-hybridized carbons (Fsp3) is 0.778. The van der Waals surface area contributed by atoms with Crippen LogP contribution in [0.15, 0.2) is 10.9 Å². The van der Waals surface area contributed by atoms with Crippen molar-refractivity contribution in [1.82, 2.24) is 14.8 Å². The Morgan fingerprint density at radius 1 is 1.38 bits per heavy atom. The van der Waals surface area contributed by atoms with Crippen molar-refractivity contribution >= 4 is 17.2 Å². The number of hydrogen-bond acceptors (Lipinski definition) is 5. The van der Waals surface area contributed by atoms with Crippen molar-refractivity contribution in [2.45, 2.75) is 38.1 Å². The number of amides is 1. The summed E-state index contributed by atoms with van der Waals surface area (Å²) in [6, 6.07) is 0.546. The Balaban J connectivity index is 1.29. The van der Waals surface area contributed by atoms with Crippen LogP contribution in [0.3, 0.4) is 0 Å². The topological polar surface area (TPSA) is 45.7 Å². The molecule has 4 rings (SSSR count). The number of piperidine rings is 1. The predicted molar refractivity (Wildman–Crippen MR) is 94.3 cm³/mol. The van der Waals surface area contributed by atoms with Gasteiger partial charge in [0.05, 0.1) is 12.1 Å². The van der Waals surface area contributed by atoms with Crippen LogP contribution < -0.4 is 0 Å². The lowest BCUT2D eigenvalue weighted by Crippen LogP contribution is -2.44. The first-order chi connectivity index (χ1) is 11.7. The fourth-order valence-corrected chi connectivity index (χ4v) is 4.77. The van der Waals surface area contributed by atoms with Gasteiger partial charge in [0.2, 0.25) is 0 Å². The third-order valence-electron chi connectivity index (χ3n) is 6.00. The first-order valence-electron chi connectivity index (χ1n) is 9.11. The molecule has 3 heterocycles. The van der Waals surface area contributed by atoms with E-state index in [2.05, 4.69) is 16.9 Å². The summed E-state index contributed by atoms with van der Waals surface area (Å²) in [4.78, 5) is 21.1. The largest absolute Gasteiger partial charge is 0.380 e. The molecule has 1 aliphatic carbocycles. The minimum atomic E-state index is 0.0989. The Labute approximate surface area is 148 Å². The zero-order chi connectivity index (χ0) is 16.6. The van der Waals surface area contributed by atoms with Crippen molar-refractivity contribution in [2.24, 2.45) is 11.3 Å². The first kappa shape index (κ1) is 16.5. The molecular formula is C18H27N3O2S. The highest BCUT2D eigenvalue weighted by Gasteiger charge is 2.45. The number of carbonyl (C=O) groups is 1. The van der Waals surface area contributed by atoms with Crippen LogP contribution in [0.4, 0.5) is 0 Å². The lowest BCUT2D eigenvalue weighted by atomic mass is 9.76. The lowest BCUT2D eigenvalue weighted by molar-refractivity contribution is 0.0583. The zero-order valence-electron chi connectivity index (χ0n) is 14.4. The smallest absolute Gasteiger partial charge is 0.273 e. The van der Waals surface area contributed by atoms with Crippen LogP contribution in [0.2, 0.25) is 0 Å². The summed E-state index contributed by atoms with van der Waals surface area (Å²) in [5.74, 6) is 0.937. The second-order valence-electron chi connectivity index (χ2n) is 7.92. The standard InChI is InChI=1S/C18H27N3O2S/c1-20-12-18(8-15(20)10-23-9-14-2-3-14)4-6-21(7-5-18)17(22)16-11-24-13-19-16/h11,13-15H,2-10,12H2,1H3. The zero-order valence-corrected chi connectivity index (χ0v) is 15.3. The third-order valence-corrected chi connectivity index (χ3v) is 6.59. The number of thiazole rings is 1. The molecule has 1 aromatic heterocycles. The normalized spacial score (nSPS) is 27.0. The molecule has 3 fully saturated rings. The van der Waals surface area contributed by atoms with Gasteiger partial charge in [-0.1, -0.05) is 0 Å². The van der Waals surface area contributed by atoms with Crippen LogP contribution in [0.25, 0.3) is 0 Å². The summed E-state index contributed by atoms with van der Waals surface area (Å²) in [7, 11) is 2.23. The summed E-state index contributed by atoms with van der Waals surface area (Å²) in [6.45, 7) is 4.69. The van der Waals surface area contributed by atoms with Gasteiger partial charge in [-0.25, -0.2) is 4.98 Å². The van der Waals surface area contributed by atoms with E-state index in [1.165, 1.54) is 30.6 Å². The van der Waals surface area contributed by atoms with Crippen LogP contribution in [0.1, 0.15) is 42.6 Å². The van der Waals surface area contributed by atoms with Gasteiger partial charge in [0, 0.05) is 37.7 Å². The van der Waals surface area contributed by atoms with Crippen molar-refractivity contribution < 1.29 is 9.53 Å². The highest BCUT2D eigenvalue weighted by Crippen LogP contribution is 2.43. The van der Waals surface area contributed by atoms with Gasteiger partial charge in [-0.05, 0) is 50.5 Å². The van der Waals surface area contributed by atoms with E-state index >= 15 is 0 Å². The molecule has 2 aliphatic heterocycles. The molecule has 0 aromatic carbocycles. The quantitative estimate of drug-likeness (QED) is 0.819. The molecule has 1 amide bonds. The number of hydrogen-bond donors (Lipinski definition) is 0. The monoisotopic (exact) mass is 349 g/mol. The van der Waals surface area contributed by atoms with Gasteiger partial charge in [0.1, 0.15) is 5.69 Å². The van der Waals surface area contributed by atoms with E-state index in [0.717, 1.165) is 51.6 Å². The van der Waals surface area contributed by atoms with Gasteiger partial charge in [0.25, 0.3) is 5.91 Å². The molecule has 1 aromatic rings. The Bertz CT molecular complexity index is 565. The fourth-order valence-electron chi connectivity index (χ4n) is 4.25. The molecule has 5 nitrogen and oxygen atoms in total. The molecule has 0 bridgehead atoms. The molecule has 132 valence electrons. The molecule has 2 saturated heterocycles.